The van der Waals surface area contributed by atoms with Gasteiger partial charge in [-0.25, -0.2) is 0 Å². The molecule has 140 valence electrons. The predicted molar refractivity (Wildman–Crippen MR) is 105 cm³/mol. The summed E-state index contributed by atoms with van der Waals surface area (Å²) in [5, 5.41) is 5.60. The third-order valence-corrected chi connectivity index (χ3v) is 5.03. The summed E-state index contributed by atoms with van der Waals surface area (Å²) in [4.78, 5) is 24.0. The summed E-state index contributed by atoms with van der Waals surface area (Å²) < 4.78 is 7.87. The van der Waals surface area contributed by atoms with Crippen molar-refractivity contribution in [2.45, 2.75) is 45.8 Å². The zero-order valence-corrected chi connectivity index (χ0v) is 15.7. The van der Waals surface area contributed by atoms with Gasteiger partial charge in [0.1, 0.15) is 5.75 Å². The third kappa shape index (κ3) is 3.47. The summed E-state index contributed by atoms with van der Waals surface area (Å²) in [6.45, 7) is 5.89. The molecule has 1 aliphatic carbocycles. The Kier molecular flexibility index (Phi) is 4.26. The molecule has 0 unspecified atom stereocenters. The van der Waals surface area contributed by atoms with Crippen molar-refractivity contribution in [3.63, 3.8) is 0 Å². The number of amides is 2. The second-order valence-corrected chi connectivity index (χ2v) is 7.21. The predicted octanol–water partition coefficient (Wildman–Crippen LogP) is 3.81. The molecule has 2 aromatic rings. The molecule has 2 heterocycles. The van der Waals surface area contributed by atoms with Crippen molar-refractivity contribution in [3.05, 3.63) is 47.3 Å². The lowest BCUT2D eigenvalue weighted by Crippen LogP contribution is -2.34. The summed E-state index contributed by atoms with van der Waals surface area (Å²) in [6, 6.07) is 7.94. The van der Waals surface area contributed by atoms with Crippen LogP contribution in [0.3, 0.4) is 0 Å². The Morgan fingerprint density at radius 1 is 1.30 bits per heavy atom. The van der Waals surface area contributed by atoms with Gasteiger partial charge >= 0.3 is 0 Å². The van der Waals surface area contributed by atoms with E-state index in [1.165, 1.54) is 30.3 Å². The van der Waals surface area contributed by atoms with Crippen molar-refractivity contribution in [2.24, 2.45) is 0 Å². The van der Waals surface area contributed by atoms with Crippen LogP contribution in [-0.2, 0) is 9.59 Å². The summed E-state index contributed by atoms with van der Waals surface area (Å²) >= 11 is 0. The van der Waals surface area contributed by atoms with Gasteiger partial charge in [-0.2, -0.15) is 0 Å². The number of aromatic nitrogens is 1. The lowest BCUT2D eigenvalue weighted by molar-refractivity contribution is -0.122. The smallest absolute Gasteiger partial charge is 0.265 e. The molecule has 0 spiro atoms. The number of anilines is 2. The van der Waals surface area contributed by atoms with Gasteiger partial charge in [-0.3, -0.25) is 9.59 Å². The first-order valence-electron chi connectivity index (χ1n) is 9.21. The Hall–Kier alpha value is -3.02. The minimum absolute atomic E-state index is 0.197. The Morgan fingerprint density at radius 3 is 2.81 bits per heavy atom. The maximum atomic E-state index is 12.3. The van der Waals surface area contributed by atoms with Gasteiger partial charge in [0.2, 0.25) is 5.91 Å². The number of rotatable bonds is 4. The Morgan fingerprint density at radius 2 is 2.07 bits per heavy atom. The highest BCUT2D eigenvalue weighted by molar-refractivity contribution is 6.03. The minimum Gasteiger partial charge on any atom is -0.479 e. The molecule has 2 N–H and O–H groups in total. The molecule has 2 amide bonds. The summed E-state index contributed by atoms with van der Waals surface area (Å²) in [5.74, 6) is 0.183. The Bertz CT molecular complexity index is 954. The SMILES string of the molecule is Cc1cc(/C=C/C(=O)Nc2ccc3c(c2)NC(=O)[C@@H](C)O3)c(C)n1C1CC1. The fourth-order valence-corrected chi connectivity index (χ4v) is 3.50. The molecule has 6 nitrogen and oxygen atoms in total. The first-order chi connectivity index (χ1) is 12.9. The summed E-state index contributed by atoms with van der Waals surface area (Å²) in [7, 11) is 0. The van der Waals surface area contributed by atoms with Gasteiger partial charge in [0.25, 0.3) is 5.91 Å². The van der Waals surface area contributed by atoms with Crippen LogP contribution in [0.4, 0.5) is 11.4 Å². The first-order valence-corrected chi connectivity index (χ1v) is 9.21. The third-order valence-electron chi connectivity index (χ3n) is 5.03. The molecule has 27 heavy (non-hydrogen) atoms. The van der Waals surface area contributed by atoms with Crippen molar-refractivity contribution in [2.75, 3.05) is 10.6 Å². The number of carbonyl (C=O) groups is 2. The van der Waals surface area contributed by atoms with E-state index in [9.17, 15) is 9.59 Å². The highest BCUT2D eigenvalue weighted by atomic mass is 16.5. The van der Waals surface area contributed by atoms with Crippen LogP contribution in [0.5, 0.6) is 5.75 Å². The topological polar surface area (TPSA) is 72.4 Å². The second kappa shape index (κ2) is 6.61. The Labute approximate surface area is 158 Å². The highest BCUT2D eigenvalue weighted by Crippen LogP contribution is 2.38. The zero-order valence-electron chi connectivity index (χ0n) is 15.7. The standard InChI is InChI=1S/C21H23N3O3/c1-12-10-15(13(2)24(12)17-6-7-17)4-9-20(25)22-16-5-8-19-18(11-16)23-21(26)14(3)27-19/h4-5,8-11,14,17H,6-7H2,1-3H3,(H,22,25)(H,23,26)/b9-4+/t14-/m1/s1. The van der Waals surface area contributed by atoms with E-state index in [4.69, 9.17) is 4.74 Å². The van der Waals surface area contributed by atoms with Crippen LogP contribution in [0.1, 0.15) is 42.8 Å². The van der Waals surface area contributed by atoms with E-state index in [1.54, 1.807) is 25.1 Å². The van der Waals surface area contributed by atoms with E-state index in [2.05, 4.69) is 35.1 Å². The molecule has 6 heteroatoms. The van der Waals surface area contributed by atoms with E-state index >= 15 is 0 Å². The van der Waals surface area contributed by atoms with E-state index in [0.717, 1.165) is 5.56 Å². The van der Waals surface area contributed by atoms with Crippen LogP contribution >= 0.6 is 0 Å². The van der Waals surface area contributed by atoms with Gasteiger partial charge < -0.3 is 19.9 Å². The van der Waals surface area contributed by atoms with Crippen LogP contribution in [0.25, 0.3) is 6.08 Å². The van der Waals surface area contributed by atoms with Crippen molar-refractivity contribution >= 4 is 29.3 Å². The fraction of sp³-hybridized carbons (Fsp3) is 0.333. The lowest BCUT2D eigenvalue weighted by Gasteiger charge is -2.23. The van der Waals surface area contributed by atoms with Crippen LogP contribution < -0.4 is 15.4 Å². The molecule has 1 aromatic carbocycles. The number of fused-ring (bicyclic) bond motifs is 1. The van der Waals surface area contributed by atoms with Gasteiger partial charge in [0, 0.05) is 29.2 Å². The van der Waals surface area contributed by atoms with Gasteiger partial charge in [-0.15, -0.1) is 0 Å². The molecule has 2 aliphatic rings. The van der Waals surface area contributed by atoms with E-state index in [-0.39, 0.29) is 11.8 Å². The van der Waals surface area contributed by atoms with Gasteiger partial charge in [0.05, 0.1) is 5.69 Å². The van der Waals surface area contributed by atoms with Crippen molar-refractivity contribution < 1.29 is 14.3 Å². The highest BCUT2D eigenvalue weighted by Gasteiger charge is 2.26. The van der Waals surface area contributed by atoms with Crippen molar-refractivity contribution in [1.82, 2.24) is 4.57 Å². The molecule has 1 atom stereocenters. The van der Waals surface area contributed by atoms with Gasteiger partial charge in [-0.1, -0.05) is 0 Å². The maximum absolute atomic E-state index is 12.3. The Balaban J connectivity index is 1.46. The number of carbonyl (C=O) groups excluding carboxylic acids is 2. The van der Waals surface area contributed by atoms with E-state index in [0.29, 0.717) is 23.2 Å². The molecular formula is C21H23N3O3. The number of hydrogen-bond acceptors (Lipinski definition) is 3. The largest absolute Gasteiger partial charge is 0.479 e. The molecule has 1 saturated carbocycles. The van der Waals surface area contributed by atoms with Crippen molar-refractivity contribution in [3.8, 4) is 5.75 Å². The van der Waals surface area contributed by atoms with E-state index < -0.39 is 6.10 Å². The van der Waals surface area contributed by atoms with Crippen molar-refractivity contribution in [1.29, 1.82) is 0 Å². The normalized spacial score (nSPS) is 18.8. The molecule has 1 fully saturated rings. The summed E-state index contributed by atoms with van der Waals surface area (Å²) in [6.07, 6.45) is 5.33. The molecule has 4 rings (SSSR count). The quantitative estimate of drug-likeness (QED) is 0.809. The minimum atomic E-state index is -0.518. The fourth-order valence-electron chi connectivity index (χ4n) is 3.50. The van der Waals surface area contributed by atoms with E-state index in [1.807, 2.05) is 6.08 Å². The molecule has 0 radical (unpaired) electrons. The van der Waals surface area contributed by atoms with Crippen LogP contribution in [-0.4, -0.2) is 22.5 Å². The number of hydrogen-bond donors (Lipinski definition) is 2. The van der Waals surface area contributed by atoms with Crippen LogP contribution in [0, 0.1) is 13.8 Å². The lowest BCUT2D eigenvalue weighted by atomic mass is 10.2. The molecule has 0 saturated heterocycles. The number of benzene rings is 1. The number of nitrogens with one attached hydrogen (secondary N) is 2. The molecule has 0 bridgehead atoms. The maximum Gasteiger partial charge on any atom is 0.265 e. The summed E-state index contributed by atoms with van der Waals surface area (Å²) in [5.41, 5.74) is 4.66. The molecular weight excluding hydrogens is 342 g/mol. The first kappa shape index (κ1) is 17.4. The monoisotopic (exact) mass is 365 g/mol. The number of nitrogens with zero attached hydrogens (tertiary/aromatic N) is 1. The molecule has 1 aromatic heterocycles. The average Bonchev–Trinajstić information content (AvgIpc) is 3.40. The number of ether oxygens (including phenoxy) is 1. The van der Waals surface area contributed by atoms with Crippen LogP contribution in [0.2, 0.25) is 0 Å². The number of aryl methyl sites for hydroxylation is 1. The van der Waals surface area contributed by atoms with Crippen LogP contribution in [0.15, 0.2) is 30.3 Å². The second-order valence-electron chi connectivity index (χ2n) is 7.21. The van der Waals surface area contributed by atoms with Gasteiger partial charge in [-0.05, 0) is 69.5 Å². The molecule has 1 aliphatic heterocycles. The van der Waals surface area contributed by atoms with Gasteiger partial charge in [0.15, 0.2) is 6.10 Å². The zero-order chi connectivity index (χ0) is 19.1. The average molecular weight is 365 g/mol.